The van der Waals surface area contributed by atoms with E-state index < -0.39 is 11.9 Å². The molecule has 1 saturated carbocycles. The van der Waals surface area contributed by atoms with Crippen LogP contribution in [0, 0.1) is 5.92 Å². The topological polar surface area (TPSA) is 74.6 Å². The molecule has 0 heterocycles. The summed E-state index contributed by atoms with van der Waals surface area (Å²) in [5.74, 6) is -1.11. The number of rotatable bonds is 5. The Bertz CT molecular complexity index is 608. The minimum Gasteiger partial charge on any atom is -0.478 e. The number of carboxylic acid groups (broad SMARTS) is 2. The Morgan fingerprint density at radius 2 is 1.52 bits per heavy atom. The molecule has 25 heavy (non-hydrogen) atoms. The van der Waals surface area contributed by atoms with Crippen LogP contribution >= 0.6 is 0 Å². The van der Waals surface area contributed by atoms with Crippen LogP contribution in [0.25, 0.3) is 0 Å². The second-order valence-corrected chi connectivity index (χ2v) is 6.43. The maximum absolute atomic E-state index is 10.5. The van der Waals surface area contributed by atoms with Crippen molar-refractivity contribution in [3.05, 3.63) is 59.2 Å². The van der Waals surface area contributed by atoms with E-state index in [-0.39, 0.29) is 0 Å². The van der Waals surface area contributed by atoms with Crippen LogP contribution in [0.4, 0.5) is 0 Å². The summed E-state index contributed by atoms with van der Waals surface area (Å²) in [6.07, 6.45) is 10.5. The van der Waals surface area contributed by atoms with Gasteiger partial charge >= 0.3 is 11.9 Å². The lowest BCUT2D eigenvalue weighted by Gasteiger charge is -2.18. The van der Waals surface area contributed by atoms with E-state index in [1.54, 1.807) is 19.9 Å². The summed E-state index contributed by atoms with van der Waals surface area (Å²) in [5, 5.41) is 17.2. The highest BCUT2D eigenvalue weighted by Gasteiger charge is 2.12. The van der Waals surface area contributed by atoms with Crippen LogP contribution in [0.5, 0.6) is 0 Å². The number of carboxylic acids is 2. The van der Waals surface area contributed by atoms with E-state index in [0.29, 0.717) is 23.5 Å². The van der Waals surface area contributed by atoms with Crippen LogP contribution in [0.3, 0.4) is 0 Å². The molecule has 136 valence electrons. The van der Waals surface area contributed by atoms with Crippen molar-refractivity contribution >= 4 is 11.9 Å². The van der Waals surface area contributed by atoms with E-state index in [9.17, 15) is 9.59 Å². The smallest absolute Gasteiger partial charge is 0.330 e. The van der Waals surface area contributed by atoms with E-state index in [2.05, 4.69) is 0 Å². The lowest BCUT2D eigenvalue weighted by molar-refractivity contribution is -0.133. The van der Waals surface area contributed by atoms with Gasteiger partial charge in [0.2, 0.25) is 0 Å². The first-order chi connectivity index (χ1) is 11.9. The number of aliphatic carboxylic acids is 2. The Morgan fingerprint density at radius 1 is 0.960 bits per heavy atom. The van der Waals surface area contributed by atoms with Crippen molar-refractivity contribution in [2.45, 2.75) is 52.4 Å². The number of benzene rings is 1. The van der Waals surface area contributed by atoms with Crippen LogP contribution in [0.1, 0.15) is 51.5 Å². The average molecular weight is 344 g/mol. The van der Waals surface area contributed by atoms with E-state index in [0.717, 1.165) is 5.56 Å². The van der Waals surface area contributed by atoms with E-state index in [1.165, 1.54) is 32.1 Å². The third-order valence-corrected chi connectivity index (χ3v) is 4.30. The fraction of sp³-hybridized carbons (Fsp3) is 0.429. The summed E-state index contributed by atoms with van der Waals surface area (Å²) >= 11 is 0. The summed E-state index contributed by atoms with van der Waals surface area (Å²) in [6.45, 7) is 3.28. The van der Waals surface area contributed by atoms with Crippen LogP contribution < -0.4 is 0 Å². The van der Waals surface area contributed by atoms with Gasteiger partial charge in [-0.15, -0.1) is 0 Å². The first-order valence-electron chi connectivity index (χ1n) is 8.76. The fourth-order valence-electron chi connectivity index (χ4n) is 2.70. The molecular formula is C21H28O4. The van der Waals surface area contributed by atoms with Gasteiger partial charge in [0.25, 0.3) is 0 Å². The Morgan fingerprint density at radius 3 is 2.04 bits per heavy atom. The maximum atomic E-state index is 10.5. The van der Waals surface area contributed by atoms with Gasteiger partial charge in [-0.05, 0) is 44.6 Å². The van der Waals surface area contributed by atoms with Crippen molar-refractivity contribution in [2.24, 2.45) is 5.92 Å². The molecule has 0 aromatic heterocycles. The van der Waals surface area contributed by atoms with Crippen molar-refractivity contribution in [1.29, 1.82) is 0 Å². The second-order valence-electron chi connectivity index (χ2n) is 6.43. The monoisotopic (exact) mass is 344 g/mol. The van der Waals surface area contributed by atoms with Crippen molar-refractivity contribution in [1.82, 2.24) is 0 Å². The van der Waals surface area contributed by atoms with Crippen molar-refractivity contribution < 1.29 is 19.8 Å². The predicted molar refractivity (Wildman–Crippen MR) is 99.5 cm³/mol. The second kappa shape index (κ2) is 11.2. The molecule has 4 heteroatoms. The molecule has 0 bridgehead atoms. The summed E-state index contributed by atoms with van der Waals surface area (Å²) in [6, 6.07) is 9.78. The third kappa shape index (κ3) is 8.89. The molecule has 2 rings (SSSR count). The molecule has 0 atom stereocenters. The standard InChI is InChI=1S/C11H12O2.C10H16O2/c1-9(11(12)13)7-8-10-5-3-2-4-6-10;1-8(10(11)12)7-9-5-3-2-4-6-9/h2-7H,8H2,1H3,(H,12,13);7,9H,2-6H2,1H3,(H,11,12)/b9-7+;8-7+. The summed E-state index contributed by atoms with van der Waals surface area (Å²) in [7, 11) is 0. The molecule has 0 aliphatic heterocycles. The van der Waals surface area contributed by atoms with Gasteiger partial charge in [0.05, 0.1) is 0 Å². The van der Waals surface area contributed by atoms with Crippen molar-refractivity contribution in [2.75, 3.05) is 0 Å². The zero-order valence-corrected chi connectivity index (χ0v) is 15.1. The zero-order chi connectivity index (χ0) is 18.7. The average Bonchev–Trinajstić information content (AvgIpc) is 2.61. The number of hydrogen-bond donors (Lipinski definition) is 2. The quantitative estimate of drug-likeness (QED) is 0.748. The fourth-order valence-corrected chi connectivity index (χ4v) is 2.70. The molecule has 1 aromatic carbocycles. The highest BCUT2D eigenvalue weighted by Crippen LogP contribution is 2.25. The number of hydrogen-bond acceptors (Lipinski definition) is 2. The third-order valence-electron chi connectivity index (χ3n) is 4.30. The summed E-state index contributed by atoms with van der Waals surface area (Å²) in [5.41, 5.74) is 2.02. The first kappa shape index (κ1) is 20.7. The summed E-state index contributed by atoms with van der Waals surface area (Å²) in [4.78, 5) is 21.0. The van der Waals surface area contributed by atoms with Crippen molar-refractivity contribution in [3.63, 3.8) is 0 Å². The molecule has 1 aliphatic rings. The molecule has 1 aromatic rings. The van der Waals surface area contributed by atoms with Gasteiger partial charge in [0, 0.05) is 11.1 Å². The number of carbonyl (C=O) groups is 2. The number of allylic oxidation sites excluding steroid dienone is 2. The van der Waals surface area contributed by atoms with Crippen LogP contribution in [-0.2, 0) is 16.0 Å². The molecule has 0 saturated heterocycles. The van der Waals surface area contributed by atoms with Gasteiger partial charge in [-0.2, -0.15) is 0 Å². The van der Waals surface area contributed by atoms with Crippen LogP contribution in [0.2, 0.25) is 0 Å². The zero-order valence-electron chi connectivity index (χ0n) is 15.1. The normalized spacial score (nSPS) is 15.9. The lowest BCUT2D eigenvalue weighted by Crippen LogP contribution is -2.06. The Labute approximate surface area is 149 Å². The molecule has 0 spiro atoms. The minimum absolute atomic E-state index is 0.392. The molecule has 0 amide bonds. The van der Waals surface area contributed by atoms with Gasteiger partial charge < -0.3 is 10.2 Å². The van der Waals surface area contributed by atoms with E-state index in [1.807, 2.05) is 36.4 Å². The SMILES string of the molecule is C/C(=C\C1CCCCC1)C(=O)O.C/C(=C\Cc1ccccc1)C(=O)O. The summed E-state index contributed by atoms with van der Waals surface area (Å²) < 4.78 is 0. The molecule has 1 fully saturated rings. The van der Waals surface area contributed by atoms with Gasteiger partial charge in [0.1, 0.15) is 0 Å². The highest BCUT2D eigenvalue weighted by atomic mass is 16.4. The van der Waals surface area contributed by atoms with Crippen LogP contribution in [0.15, 0.2) is 53.6 Å². The van der Waals surface area contributed by atoms with Gasteiger partial charge in [0.15, 0.2) is 0 Å². The van der Waals surface area contributed by atoms with Gasteiger partial charge in [-0.3, -0.25) is 0 Å². The van der Waals surface area contributed by atoms with Crippen LogP contribution in [-0.4, -0.2) is 22.2 Å². The highest BCUT2D eigenvalue weighted by molar-refractivity contribution is 5.86. The molecule has 2 N–H and O–H groups in total. The maximum Gasteiger partial charge on any atom is 0.330 e. The molecule has 1 aliphatic carbocycles. The first-order valence-corrected chi connectivity index (χ1v) is 8.76. The van der Waals surface area contributed by atoms with E-state index in [4.69, 9.17) is 10.2 Å². The Balaban J connectivity index is 0.000000251. The minimum atomic E-state index is -0.851. The molecular weight excluding hydrogens is 316 g/mol. The lowest BCUT2D eigenvalue weighted by atomic mass is 9.88. The molecule has 0 radical (unpaired) electrons. The largest absolute Gasteiger partial charge is 0.478 e. The van der Waals surface area contributed by atoms with E-state index >= 15 is 0 Å². The predicted octanol–water partition coefficient (Wildman–Crippen LogP) is 4.86. The Hall–Kier alpha value is -2.36. The van der Waals surface area contributed by atoms with Gasteiger partial charge in [-0.1, -0.05) is 61.7 Å². The molecule has 0 unspecified atom stereocenters. The molecule has 4 nitrogen and oxygen atoms in total. The van der Waals surface area contributed by atoms with Gasteiger partial charge in [-0.25, -0.2) is 9.59 Å². The Kier molecular flexibility index (Phi) is 9.30. The van der Waals surface area contributed by atoms with Crippen molar-refractivity contribution in [3.8, 4) is 0 Å².